The van der Waals surface area contributed by atoms with E-state index in [-0.39, 0.29) is 18.2 Å². The minimum absolute atomic E-state index is 0.103. The minimum Gasteiger partial charge on any atom is -0.325 e. The highest BCUT2D eigenvalue weighted by Crippen LogP contribution is 2.18. The maximum atomic E-state index is 12.6. The molecule has 0 bridgehead atoms. The number of nitriles is 1. The first-order chi connectivity index (χ1) is 11.2. The first-order valence-electron chi connectivity index (χ1n) is 7.29. The van der Waals surface area contributed by atoms with Gasteiger partial charge >= 0.3 is 0 Å². The minimum atomic E-state index is -0.369. The van der Waals surface area contributed by atoms with Crippen LogP contribution >= 0.6 is 0 Å². The molecule has 0 saturated carbocycles. The fourth-order valence-electron chi connectivity index (χ4n) is 2.18. The second-order valence-electron chi connectivity index (χ2n) is 4.85. The Bertz CT molecular complexity index is 718. The standard InChI is InChI=1S/C18H17N3O2/c1-2-21(16-6-4-3-5-7-16)18(23)14-8-10-15(11-9-14)20-17(22)12-13-19/h3-11H,2,12H2,1H3,(H,20,22). The van der Waals surface area contributed by atoms with Crippen LogP contribution in [0.15, 0.2) is 54.6 Å². The van der Waals surface area contributed by atoms with Crippen molar-refractivity contribution in [1.82, 2.24) is 0 Å². The lowest BCUT2D eigenvalue weighted by atomic mass is 10.1. The van der Waals surface area contributed by atoms with Gasteiger partial charge in [0, 0.05) is 23.5 Å². The number of hydrogen-bond acceptors (Lipinski definition) is 3. The van der Waals surface area contributed by atoms with Crippen molar-refractivity contribution in [3.8, 4) is 6.07 Å². The number of nitrogens with one attached hydrogen (secondary N) is 1. The third kappa shape index (κ3) is 4.17. The van der Waals surface area contributed by atoms with Crippen LogP contribution in [0.4, 0.5) is 11.4 Å². The Kier molecular flexibility index (Phi) is 5.48. The number of hydrogen-bond donors (Lipinski definition) is 1. The molecule has 2 amide bonds. The topological polar surface area (TPSA) is 73.2 Å². The molecule has 0 atom stereocenters. The summed E-state index contributed by atoms with van der Waals surface area (Å²) < 4.78 is 0. The van der Waals surface area contributed by atoms with Crippen molar-refractivity contribution in [3.05, 3.63) is 60.2 Å². The smallest absolute Gasteiger partial charge is 0.258 e. The number of nitrogens with zero attached hydrogens (tertiary/aromatic N) is 2. The molecule has 2 aromatic rings. The quantitative estimate of drug-likeness (QED) is 0.921. The Morgan fingerprint density at radius 1 is 1.09 bits per heavy atom. The molecule has 2 aromatic carbocycles. The van der Waals surface area contributed by atoms with Gasteiger partial charge in [-0.1, -0.05) is 18.2 Å². The number of carbonyl (C=O) groups is 2. The summed E-state index contributed by atoms with van der Waals surface area (Å²) in [6.07, 6.45) is -0.196. The fourth-order valence-corrected chi connectivity index (χ4v) is 2.18. The van der Waals surface area contributed by atoms with Crippen LogP contribution in [-0.4, -0.2) is 18.4 Å². The van der Waals surface area contributed by atoms with Crippen molar-refractivity contribution < 1.29 is 9.59 Å². The zero-order valence-electron chi connectivity index (χ0n) is 12.8. The van der Waals surface area contributed by atoms with E-state index >= 15 is 0 Å². The number of carbonyl (C=O) groups excluding carboxylic acids is 2. The summed E-state index contributed by atoms with van der Waals surface area (Å²) in [6.45, 7) is 2.48. The number of benzene rings is 2. The van der Waals surface area contributed by atoms with E-state index in [1.807, 2.05) is 37.3 Å². The van der Waals surface area contributed by atoms with Crippen LogP contribution in [0.25, 0.3) is 0 Å². The Morgan fingerprint density at radius 3 is 2.30 bits per heavy atom. The third-order valence-electron chi connectivity index (χ3n) is 3.28. The Balaban J connectivity index is 2.13. The van der Waals surface area contributed by atoms with Gasteiger partial charge in [-0.15, -0.1) is 0 Å². The third-order valence-corrected chi connectivity index (χ3v) is 3.28. The summed E-state index contributed by atoms with van der Waals surface area (Å²) in [5.41, 5.74) is 1.94. The van der Waals surface area contributed by atoms with E-state index in [1.54, 1.807) is 35.2 Å². The molecule has 0 unspecified atom stereocenters. The van der Waals surface area contributed by atoms with Gasteiger partial charge < -0.3 is 10.2 Å². The monoisotopic (exact) mass is 307 g/mol. The maximum Gasteiger partial charge on any atom is 0.258 e. The molecule has 0 aromatic heterocycles. The van der Waals surface area contributed by atoms with Crippen LogP contribution in [0, 0.1) is 11.3 Å². The molecule has 0 radical (unpaired) electrons. The van der Waals surface area contributed by atoms with Gasteiger partial charge in [0.25, 0.3) is 5.91 Å². The van der Waals surface area contributed by atoms with Gasteiger partial charge in [-0.2, -0.15) is 5.26 Å². The van der Waals surface area contributed by atoms with E-state index in [1.165, 1.54) is 0 Å². The van der Waals surface area contributed by atoms with E-state index < -0.39 is 0 Å². The Hall–Kier alpha value is -3.13. The maximum absolute atomic E-state index is 12.6. The fraction of sp³-hybridized carbons (Fsp3) is 0.167. The normalized spacial score (nSPS) is 9.74. The molecule has 23 heavy (non-hydrogen) atoms. The summed E-state index contributed by atoms with van der Waals surface area (Å²) in [5, 5.41) is 11.1. The Labute approximate surface area is 135 Å². The molecule has 5 nitrogen and oxygen atoms in total. The summed E-state index contributed by atoms with van der Waals surface area (Å²) >= 11 is 0. The molecule has 0 fully saturated rings. The molecule has 0 saturated heterocycles. The van der Waals surface area contributed by atoms with E-state index in [9.17, 15) is 9.59 Å². The second kappa shape index (κ2) is 7.76. The predicted octanol–water partition coefficient (Wildman–Crippen LogP) is 3.21. The van der Waals surface area contributed by atoms with Gasteiger partial charge in [0.2, 0.25) is 5.91 Å². The van der Waals surface area contributed by atoms with Crippen molar-refractivity contribution in [2.45, 2.75) is 13.3 Å². The molecule has 1 N–H and O–H groups in total. The average molecular weight is 307 g/mol. The zero-order chi connectivity index (χ0) is 16.7. The Morgan fingerprint density at radius 2 is 1.74 bits per heavy atom. The highest BCUT2D eigenvalue weighted by atomic mass is 16.2. The van der Waals surface area contributed by atoms with Gasteiger partial charge in [0.05, 0.1) is 6.07 Å². The lowest BCUT2D eigenvalue weighted by Gasteiger charge is -2.21. The van der Waals surface area contributed by atoms with E-state index in [0.717, 1.165) is 5.69 Å². The predicted molar refractivity (Wildman–Crippen MR) is 89.1 cm³/mol. The van der Waals surface area contributed by atoms with Crippen LogP contribution in [0.2, 0.25) is 0 Å². The van der Waals surface area contributed by atoms with Crippen molar-refractivity contribution in [3.63, 3.8) is 0 Å². The SMILES string of the molecule is CCN(C(=O)c1ccc(NC(=O)CC#N)cc1)c1ccccc1. The van der Waals surface area contributed by atoms with Crippen molar-refractivity contribution in [2.75, 3.05) is 16.8 Å². The average Bonchev–Trinajstić information content (AvgIpc) is 2.57. The van der Waals surface area contributed by atoms with Crippen molar-refractivity contribution in [2.24, 2.45) is 0 Å². The van der Waals surface area contributed by atoms with Crippen molar-refractivity contribution in [1.29, 1.82) is 5.26 Å². The number of para-hydroxylation sites is 1. The van der Waals surface area contributed by atoms with Gasteiger partial charge in [-0.3, -0.25) is 9.59 Å². The lowest BCUT2D eigenvalue weighted by molar-refractivity contribution is -0.115. The van der Waals surface area contributed by atoms with Crippen LogP contribution in [0.3, 0.4) is 0 Å². The van der Waals surface area contributed by atoms with Crippen molar-refractivity contribution >= 4 is 23.2 Å². The molecular weight excluding hydrogens is 290 g/mol. The molecule has 116 valence electrons. The first kappa shape index (κ1) is 16.2. The van der Waals surface area contributed by atoms with Gasteiger partial charge in [0.15, 0.2) is 0 Å². The van der Waals surface area contributed by atoms with Crippen LogP contribution < -0.4 is 10.2 Å². The van der Waals surface area contributed by atoms with E-state index in [0.29, 0.717) is 17.8 Å². The van der Waals surface area contributed by atoms with Gasteiger partial charge in [-0.05, 0) is 43.3 Å². The molecule has 0 spiro atoms. The second-order valence-corrected chi connectivity index (χ2v) is 4.85. The van der Waals surface area contributed by atoms with E-state index in [2.05, 4.69) is 5.32 Å². The first-order valence-corrected chi connectivity index (χ1v) is 7.29. The summed E-state index contributed by atoms with van der Waals surface area (Å²) in [6, 6.07) is 17.9. The highest BCUT2D eigenvalue weighted by Gasteiger charge is 2.15. The molecule has 0 aliphatic heterocycles. The van der Waals surface area contributed by atoms with Gasteiger partial charge in [0.1, 0.15) is 6.42 Å². The molecule has 5 heteroatoms. The summed E-state index contributed by atoms with van der Waals surface area (Å²) in [7, 11) is 0. The highest BCUT2D eigenvalue weighted by molar-refractivity contribution is 6.06. The largest absolute Gasteiger partial charge is 0.325 e. The molecule has 2 rings (SSSR count). The molecule has 0 aliphatic rings. The molecular formula is C18H17N3O2. The van der Waals surface area contributed by atoms with Crippen LogP contribution in [-0.2, 0) is 4.79 Å². The summed E-state index contributed by atoms with van der Waals surface area (Å²) in [4.78, 5) is 25.7. The van der Waals surface area contributed by atoms with Crippen LogP contribution in [0.1, 0.15) is 23.7 Å². The van der Waals surface area contributed by atoms with Crippen LogP contribution in [0.5, 0.6) is 0 Å². The molecule has 0 heterocycles. The number of rotatable bonds is 5. The molecule has 0 aliphatic carbocycles. The summed E-state index contributed by atoms with van der Waals surface area (Å²) in [5.74, 6) is -0.473. The van der Waals surface area contributed by atoms with E-state index in [4.69, 9.17) is 5.26 Å². The number of amides is 2. The zero-order valence-corrected chi connectivity index (χ0v) is 12.8. The van der Waals surface area contributed by atoms with Gasteiger partial charge in [-0.25, -0.2) is 0 Å². The lowest BCUT2D eigenvalue weighted by Crippen LogP contribution is -2.30. The number of anilines is 2.